The minimum absolute atomic E-state index is 0.544. The summed E-state index contributed by atoms with van der Waals surface area (Å²) < 4.78 is 8.41. The summed E-state index contributed by atoms with van der Waals surface area (Å²) in [6, 6.07) is 1.71. The summed E-state index contributed by atoms with van der Waals surface area (Å²) in [5.41, 5.74) is 2.28. The van der Waals surface area contributed by atoms with Gasteiger partial charge in [-0.3, -0.25) is 0 Å². The van der Waals surface area contributed by atoms with E-state index >= 15 is 0 Å². The fourth-order valence-corrected chi connectivity index (χ4v) is 2.83. The van der Waals surface area contributed by atoms with Crippen LogP contribution in [0.5, 0.6) is 0 Å². The SMILES string of the molecule is CN(C)CCCNc1c(Cl)cc(Cl)c2c1N=S=N2. The van der Waals surface area contributed by atoms with Crippen LogP contribution in [0.15, 0.2) is 14.8 Å². The number of hydrogen-bond acceptors (Lipinski definition) is 4. The fourth-order valence-electron chi connectivity index (χ4n) is 1.65. The second-order valence-corrected chi connectivity index (χ2v) is 5.60. The van der Waals surface area contributed by atoms with E-state index in [0.29, 0.717) is 15.7 Å². The van der Waals surface area contributed by atoms with Crippen LogP contribution in [0.25, 0.3) is 0 Å². The van der Waals surface area contributed by atoms with Gasteiger partial charge in [0.25, 0.3) is 0 Å². The first-order valence-electron chi connectivity index (χ1n) is 5.58. The van der Waals surface area contributed by atoms with E-state index in [1.165, 1.54) is 0 Å². The Balaban J connectivity index is 2.10. The van der Waals surface area contributed by atoms with E-state index in [2.05, 4.69) is 33.0 Å². The summed E-state index contributed by atoms with van der Waals surface area (Å²) in [4.78, 5) is 2.14. The summed E-state index contributed by atoms with van der Waals surface area (Å²) >= 11 is 13.4. The Morgan fingerprint density at radius 3 is 2.67 bits per heavy atom. The van der Waals surface area contributed by atoms with Crippen molar-refractivity contribution in [3.05, 3.63) is 16.1 Å². The van der Waals surface area contributed by atoms with Crippen molar-refractivity contribution in [3.8, 4) is 0 Å². The normalized spacial score (nSPS) is 12.7. The van der Waals surface area contributed by atoms with Gasteiger partial charge in [-0.2, -0.15) is 8.73 Å². The third-order valence-corrected chi connectivity index (χ3v) is 3.64. The predicted octanol–water partition coefficient (Wildman–Crippen LogP) is 4.08. The molecular weight excluding hydrogens is 291 g/mol. The number of fused-ring (bicyclic) bond motifs is 1. The summed E-state index contributed by atoms with van der Waals surface area (Å²) in [7, 11) is 4.11. The van der Waals surface area contributed by atoms with Crippen LogP contribution in [0.2, 0.25) is 10.0 Å². The van der Waals surface area contributed by atoms with E-state index in [0.717, 1.165) is 42.2 Å². The molecule has 0 saturated carbocycles. The van der Waals surface area contributed by atoms with E-state index < -0.39 is 0 Å². The number of anilines is 1. The lowest BCUT2D eigenvalue weighted by Crippen LogP contribution is -2.16. The molecule has 1 heterocycles. The maximum absolute atomic E-state index is 6.19. The first kappa shape index (κ1) is 13.8. The summed E-state index contributed by atoms with van der Waals surface area (Å²) in [5, 5.41) is 4.44. The van der Waals surface area contributed by atoms with E-state index in [1.54, 1.807) is 6.07 Å². The van der Waals surface area contributed by atoms with Crippen LogP contribution in [0.1, 0.15) is 6.42 Å². The van der Waals surface area contributed by atoms with Crippen molar-refractivity contribution in [2.45, 2.75) is 6.42 Å². The Labute approximate surface area is 120 Å². The van der Waals surface area contributed by atoms with Gasteiger partial charge < -0.3 is 10.2 Å². The van der Waals surface area contributed by atoms with Gasteiger partial charge >= 0.3 is 0 Å². The van der Waals surface area contributed by atoms with Crippen LogP contribution in [-0.4, -0.2) is 32.1 Å². The van der Waals surface area contributed by atoms with E-state index in [-0.39, 0.29) is 0 Å². The van der Waals surface area contributed by atoms with Crippen LogP contribution in [0.4, 0.5) is 17.1 Å². The van der Waals surface area contributed by atoms with Crippen LogP contribution >= 0.6 is 23.2 Å². The molecule has 1 aliphatic heterocycles. The van der Waals surface area contributed by atoms with Crippen molar-refractivity contribution in [3.63, 3.8) is 0 Å². The third kappa shape index (κ3) is 3.03. The number of benzene rings is 1. The van der Waals surface area contributed by atoms with E-state index in [1.807, 2.05) is 0 Å². The average Bonchev–Trinajstić information content (AvgIpc) is 2.76. The maximum atomic E-state index is 6.19. The van der Waals surface area contributed by atoms with E-state index in [4.69, 9.17) is 23.2 Å². The monoisotopic (exact) mass is 304 g/mol. The van der Waals surface area contributed by atoms with Crippen molar-refractivity contribution >= 4 is 51.6 Å². The largest absolute Gasteiger partial charge is 0.382 e. The molecule has 0 aliphatic carbocycles. The van der Waals surface area contributed by atoms with Gasteiger partial charge in [0.05, 0.1) is 27.1 Å². The van der Waals surface area contributed by atoms with Crippen LogP contribution < -0.4 is 5.32 Å². The molecule has 18 heavy (non-hydrogen) atoms. The zero-order valence-electron chi connectivity index (χ0n) is 10.2. The molecule has 1 aromatic rings. The first-order valence-corrected chi connectivity index (χ1v) is 7.07. The Morgan fingerprint density at radius 1 is 1.22 bits per heavy atom. The Hall–Kier alpha value is -0.620. The Kier molecular flexibility index (Phi) is 4.61. The highest BCUT2D eigenvalue weighted by atomic mass is 35.5. The highest BCUT2D eigenvalue weighted by Gasteiger charge is 2.18. The minimum Gasteiger partial charge on any atom is -0.382 e. The zero-order valence-corrected chi connectivity index (χ0v) is 12.5. The molecule has 2 rings (SSSR count). The topological polar surface area (TPSA) is 40.0 Å². The average molecular weight is 305 g/mol. The van der Waals surface area contributed by atoms with Gasteiger partial charge in [-0.1, -0.05) is 23.2 Å². The van der Waals surface area contributed by atoms with Crippen molar-refractivity contribution in [1.82, 2.24) is 4.90 Å². The molecule has 98 valence electrons. The predicted molar refractivity (Wildman–Crippen MR) is 79.7 cm³/mol. The van der Waals surface area contributed by atoms with Gasteiger partial charge in [-0.05, 0) is 33.1 Å². The highest BCUT2D eigenvalue weighted by Crippen LogP contribution is 2.47. The van der Waals surface area contributed by atoms with Gasteiger partial charge in [-0.15, -0.1) is 0 Å². The van der Waals surface area contributed by atoms with Gasteiger partial charge in [-0.25, -0.2) is 0 Å². The van der Waals surface area contributed by atoms with Crippen molar-refractivity contribution in [1.29, 1.82) is 0 Å². The van der Waals surface area contributed by atoms with Gasteiger partial charge in [0.1, 0.15) is 11.4 Å². The molecule has 7 heteroatoms. The molecule has 0 bridgehead atoms. The maximum Gasteiger partial charge on any atom is 0.130 e. The van der Waals surface area contributed by atoms with E-state index in [9.17, 15) is 0 Å². The van der Waals surface area contributed by atoms with Crippen molar-refractivity contribution in [2.24, 2.45) is 8.73 Å². The fraction of sp³-hybridized carbons (Fsp3) is 0.455. The van der Waals surface area contributed by atoms with Crippen molar-refractivity contribution < 1.29 is 0 Å². The molecular formula is C11H14Cl2N4S. The molecule has 0 amide bonds. The number of hydrogen-bond donors (Lipinski definition) is 1. The molecule has 1 N–H and O–H groups in total. The molecule has 0 radical (unpaired) electrons. The summed E-state index contributed by atoms with van der Waals surface area (Å²) in [6.45, 7) is 1.86. The van der Waals surface area contributed by atoms with Crippen LogP contribution in [0, 0.1) is 0 Å². The standard InChI is InChI=1S/C11H14Cl2N4S/c1-17(2)5-3-4-14-9-7(12)6-8(13)10-11(9)16-18-15-10/h6,14H,3-5H2,1-2H3. The molecule has 1 aliphatic rings. The number of nitrogens with one attached hydrogen (secondary N) is 1. The molecule has 0 fully saturated rings. The lowest BCUT2D eigenvalue weighted by molar-refractivity contribution is 0.405. The zero-order chi connectivity index (χ0) is 13.1. The quantitative estimate of drug-likeness (QED) is 0.845. The highest BCUT2D eigenvalue weighted by molar-refractivity contribution is 7.58. The van der Waals surface area contributed by atoms with Crippen LogP contribution in [0.3, 0.4) is 0 Å². The second-order valence-electron chi connectivity index (χ2n) is 4.26. The minimum atomic E-state index is 0.544. The van der Waals surface area contributed by atoms with Gasteiger partial charge in [0.2, 0.25) is 0 Å². The second kappa shape index (κ2) is 6.02. The molecule has 1 aromatic carbocycles. The summed E-state index contributed by atoms with van der Waals surface area (Å²) in [5.74, 6) is 0. The first-order chi connectivity index (χ1) is 8.59. The molecule has 0 spiro atoms. The Bertz CT molecular complexity index is 524. The number of nitrogens with zero attached hydrogens (tertiary/aromatic N) is 3. The third-order valence-electron chi connectivity index (χ3n) is 2.53. The molecule has 0 saturated heterocycles. The van der Waals surface area contributed by atoms with Gasteiger partial charge in [0, 0.05) is 6.54 Å². The van der Waals surface area contributed by atoms with Crippen molar-refractivity contribution in [2.75, 3.05) is 32.5 Å². The Morgan fingerprint density at radius 2 is 1.94 bits per heavy atom. The molecule has 4 nitrogen and oxygen atoms in total. The molecule has 0 atom stereocenters. The molecule has 0 unspecified atom stereocenters. The van der Waals surface area contributed by atoms with Crippen LogP contribution in [-0.2, 0) is 11.4 Å². The summed E-state index contributed by atoms with van der Waals surface area (Å²) in [6.07, 6.45) is 1.03. The number of rotatable bonds is 5. The number of halogens is 2. The lowest BCUT2D eigenvalue weighted by atomic mass is 10.2. The lowest BCUT2D eigenvalue weighted by Gasteiger charge is -2.13. The van der Waals surface area contributed by atoms with Gasteiger partial charge in [0.15, 0.2) is 0 Å². The smallest absolute Gasteiger partial charge is 0.130 e. The molecule has 0 aromatic heterocycles.